The Hall–Kier alpha value is -3.50. The fourth-order valence-electron chi connectivity index (χ4n) is 4.00. The summed E-state index contributed by atoms with van der Waals surface area (Å²) in [5.74, 6) is 0.793. The molecule has 11 heteroatoms. The summed E-state index contributed by atoms with van der Waals surface area (Å²) in [5, 5.41) is 9.40. The largest absolute Gasteiger partial charge is 0.432 e. The maximum atomic E-state index is 12.8. The number of fused-ring (bicyclic) bond motifs is 3. The number of anilines is 2. The fourth-order valence-corrected chi connectivity index (χ4v) is 4.00. The number of piperidine rings is 1. The number of nitrogens with two attached hydrogens (primary N) is 1. The van der Waals surface area contributed by atoms with Crippen LogP contribution in [-0.4, -0.2) is 49.1 Å². The van der Waals surface area contributed by atoms with Crippen molar-refractivity contribution >= 4 is 28.2 Å². The quantitative estimate of drug-likeness (QED) is 0.548. The molecule has 1 saturated heterocycles. The highest BCUT2D eigenvalue weighted by Gasteiger charge is 2.27. The van der Waals surface area contributed by atoms with Crippen LogP contribution >= 0.6 is 0 Å². The minimum absolute atomic E-state index is 0.0401. The Labute approximate surface area is 170 Å². The normalized spacial score (nSPS) is 17.3. The summed E-state index contributed by atoms with van der Waals surface area (Å²) in [7, 11) is 1.89. The smallest absolute Gasteiger partial charge is 0.387 e. The summed E-state index contributed by atoms with van der Waals surface area (Å²) >= 11 is 0. The molecule has 9 nitrogen and oxygen atoms in total. The van der Waals surface area contributed by atoms with Gasteiger partial charge in [0, 0.05) is 37.6 Å². The van der Waals surface area contributed by atoms with Gasteiger partial charge in [0.15, 0.2) is 17.2 Å². The number of halogens is 2. The van der Waals surface area contributed by atoms with E-state index in [9.17, 15) is 8.78 Å². The van der Waals surface area contributed by atoms with E-state index in [1.54, 1.807) is 16.8 Å². The van der Waals surface area contributed by atoms with Gasteiger partial charge in [-0.1, -0.05) is 6.07 Å². The van der Waals surface area contributed by atoms with E-state index in [0.717, 1.165) is 31.6 Å². The van der Waals surface area contributed by atoms with Crippen LogP contribution in [0.5, 0.6) is 5.75 Å². The van der Waals surface area contributed by atoms with Gasteiger partial charge in [-0.15, -0.1) is 5.10 Å². The van der Waals surface area contributed by atoms with E-state index in [0.29, 0.717) is 16.9 Å². The first kappa shape index (κ1) is 18.5. The second kappa shape index (κ2) is 7.08. The van der Waals surface area contributed by atoms with Crippen LogP contribution in [-0.2, 0) is 7.05 Å². The first-order valence-electron chi connectivity index (χ1n) is 9.63. The zero-order valence-electron chi connectivity index (χ0n) is 16.2. The number of hydrogen-bond donors (Lipinski definition) is 1. The van der Waals surface area contributed by atoms with Crippen LogP contribution in [0, 0.1) is 0 Å². The number of nitrogen functional groups attached to an aromatic ring is 1. The summed E-state index contributed by atoms with van der Waals surface area (Å²) in [5.41, 5.74) is 7.85. The van der Waals surface area contributed by atoms with E-state index in [1.165, 1.54) is 10.6 Å². The molecular weight excluding hydrogens is 394 g/mol. The Kier molecular flexibility index (Phi) is 4.37. The molecule has 0 unspecified atom stereocenters. The number of aryl methyl sites for hydroxylation is 1. The second-order valence-corrected chi connectivity index (χ2v) is 7.36. The second-order valence-electron chi connectivity index (χ2n) is 7.36. The Balaban J connectivity index is 1.54. The van der Waals surface area contributed by atoms with Crippen molar-refractivity contribution in [3.63, 3.8) is 0 Å². The number of ether oxygens (including phenoxy) is 1. The molecule has 1 atom stereocenters. The first-order chi connectivity index (χ1) is 14.5. The van der Waals surface area contributed by atoms with Gasteiger partial charge in [0.05, 0.1) is 11.9 Å². The van der Waals surface area contributed by atoms with Gasteiger partial charge in [0.1, 0.15) is 5.52 Å². The highest BCUT2D eigenvalue weighted by Crippen LogP contribution is 2.32. The van der Waals surface area contributed by atoms with Crippen molar-refractivity contribution in [2.45, 2.75) is 25.4 Å². The molecule has 0 radical (unpaired) electrons. The van der Waals surface area contributed by atoms with Crippen LogP contribution in [0.2, 0.25) is 0 Å². The third-order valence-electron chi connectivity index (χ3n) is 5.37. The third kappa shape index (κ3) is 3.15. The minimum atomic E-state index is -2.95. The van der Waals surface area contributed by atoms with Gasteiger partial charge in [-0.25, -0.2) is 9.97 Å². The number of nitrogens with zero attached hydrogens (tertiary/aromatic N) is 7. The fraction of sp³-hybridized carbons (Fsp3) is 0.368. The minimum Gasteiger partial charge on any atom is -0.432 e. The van der Waals surface area contributed by atoms with Crippen molar-refractivity contribution in [2.75, 3.05) is 23.7 Å². The molecule has 30 heavy (non-hydrogen) atoms. The number of rotatable bonds is 4. The maximum absolute atomic E-state index is 12.8. The zero-order valence-corrected chi connectivity index (χ0v) is 16.2. The zero-order chi connectivity index (χ0) is 20.8. The van der Waals surface area contributed by atoms with E-state index >= 15 is 0 Å². The van der Waals surface area contributed by atoms with Gasteiger partial charge in [-0.05, 0) is 25.0 Å². The SMILES string of the molecule is Cn1cc(N2CCC[C@@H](c3nc4c5cccc(OC(F)F)c5nc(N)n4n3)C2)cn1. The van der Waals surface area contributed by atoms with Gasteiger partial charge in [-0.3, -0.25) is 4.68 Å². The molecule has 2 N–H and O–H groups in total. The molecule has 4 aromatic rings. The molecule has 5 rings (SSSR count). The van der Waals surface area contributed by atoms with Gasteiger partial charge < -0.3 is 15.4 Å². The number of benzene rings is 1. The van der Waals surface area contributed by atoms with E-state index in [-0.39, 0.29) is 23.1 Å². The van der Waals surface area contributed by atoms with Crippen LogP contribution in [0.1, 0.15) is 24.6 Å². The van der Waals surface area contributed by atoms with Crippen LogP contribution in [0.4, 0.5) is 20.4 Å². The molecule has 3 aromatic heterocycles. The first-order valence-corrected chi connectivity index (χ1v) is 9.63. The summed E-state index contributed by atoms with van der Waals surface area (Å²) in [6.45, 7) is -1.26. The summed E-state index contributed by atoms with van der Waals surface area (Å²) in [6, 6.07) is 4.80. The van der Waals surface area contributed by atoms with Crippen LogP contribution in [0.25, 0.3) is 16.6 Å². The monoisotopic (exact) mass is 414 g/mol. The molecular formula is C19H20F2N8O. The highest BCUT2D eigenvalue weighted by atomic mass is 19.3. The van der Waals surface area contributed by atoms with Crippen LogP contribution in [0.3, 0.4) is 0 Å². The lowest BCUT2D eigenvalue weighted by atomic mass is 9.97. The van der Waals surface area contributed by atoms with Crippen molar-refractivity contribution in [3.8, 4) is 5.75 Å². The third-order valence-corrected chi connectivity index (χ3v) is 5.37. The molecule has 1 aromatic carbocycles. The Morgan fingerprint density at radius 1 is 1.27 bits per heavy atom. The number of hydrogen-bond acceptors (Lipinski definition) is 7. The number of para-hydroxylation sites is 1. The average Bonchev–Trinajstić information content (AvgIpc) is 3.36. The predicted molar refractivity (Wildman–Crippen MR) is 107 cm³/mol. The lowest BCUT2D eigenvalue weighted by Crippen LogP contribution is -2.34. The lowest BCUT2D eigenvalue weighted by molar-refractivity contribution is -0.0489. The van der Waals surface area contributed by atoms with Crippen LogP contribution < -0.4 is 15.4 Å². The van der Waals surface area contributed by atoms with E-state index in [4.69, 9.17) is 10.7 Å². The lowest BCUT2D eigenvalue weighted by Gasteiger charge is -2.32. The standard InChI is InChI=1S/C19H20F2N8O/c1-27-10-12(8-23-27)28-7-3-4-11(9-28)16-25-17-13-5-2-6-14(30-18(20)21)15(13)24-19(22)29(17)26-16/h2,5-6,8,10-11,18H,3-4,7,9H2,1H3,(H2,22,24)/t11-/m1/s1. The molecule has 0 aliphatic carbocycles. The van der Waals surface area contributed by atoms with Gasteiger partial charge in [-0.2, -0.15) is 18.4 Å². The summed E-state index contributed by atoms with van der Waals surface area (Å²) in [6.07, 6.45) is 5.77. The van der Waals surface area contributed by atoms with E-state index in [2.05, 4.69) is 24.8 Å². The molecule has 1 aliphatic rings. The highest BCUT2D eigenvalue weighted by molar-refractivity contribution is 5.95. The van der Waals surface area contributed by atoms with Crippen molar-refractivity contribution in [1.82, 2.24) is 29.4 Å². The van der Waals surface area contributed by atoms with Gasteiger partial charge in [0.2, 0.25) is 5.95 Å². The Morgan fingerprint density at radius 2 is 2.13 bits per heavy atom. The predicted octanol–water partition coefficient (Wildman–Crippen LogP) is 2.58. The Morgan fingerprint density at radius 3 is 2.90 bits per heavy atom. The van der Waals surface area contributed by atoms with E-state index < -0.39 is 6.61 Å². The molecule has 1 fully saturated rings. The van der Waals surface area contributed by atoms with Gasteiger partial charge in [0.25, 0.3) is 0 Å². The van der Waals surface area contributed by atoms with Crippen LogP contribution in [0.15, 0.2) is 30.6 Å². The Bertz CT molecular complexity index is 1220. The topological polar surface area (TPSA) is 99.4 Å². The molecule has 0 amide bonds. The molecule has 0 bridgehead atoms. The van der Waals surface area contributed by atoms with Crippen molar-refractivity contribution < 1.29 is 13.5 Å². The van der Waals surface area contributed by atoms with E-state index in [1.807, 2.05) is 19.4 Å². The molecule has 1 aliphatic heterocycles. The van der Waals surface area contributed by atoms with Crippen molar-refractivity contribution in [2.24, 2.45) is 7.05 Å². The van der Waals surface area contributed by atoms with Crippen molar-refractivity contribution in [1.29, 1.82) is 0 Å². The van der Waals surface area contributed by atoms with Crippen molar-refractivity contribution in [3.05, 3.63) is 36.4 Å². The number of aromatic nitrogens is 6. The molecule has 4 heterocycles. The maximum Gasteiger partial charge on any atom is 0.387 e. The van der Waals surface area contributed by atoms with Gasteiger partial charge >= 0.3 is 6.61 Å². The summed E-state index contributed by atoms with van der Waals surface area (Å²) in [4.78, 5) is 11.2. The number of alkyl halides is 2. The molecule has 0 spiro atoms. The average molecular weight is 414 g/mol. The summed E-state index contributed by atoms with van der Waals surface area (Å²) < 4.78 is 33.4. The molecule has 0 saturated carbocycles. The molecule has 156 valence electrons.